The van der Waals surface area contributed by atoms with E-state index in [1.54, 1.807) is 0 Å². The summed E-state index contributed by atoms with van der Waals surface area (Å²) in [7, 11) is 2.19. The van der Waals surface area contributed by atoms with E-state index < -0.39 is 5.97 Å². The minimum Gasteiger partial charge on any atom is -0.480 e. The van der Waals surface area contributed by atoms with Gasteiger partial charge in [-0.25, -0.2) is 4.98 Å². The van der Waals surface area contributed by atoms with Crippen molar-refractivity contribution in [3.8, 4) is 0 Å². The third kappa shape index (κ3) is 6.42. The number of hydrogen-bond acceptors (Lipinski definition) is 4. The molecule has 6 rings (SSSR count). The van der Waals surface area contributed by atoms with Gasteiger partial charge in [-0.05, 0) is 88.3 Å². The van der Waals surface area contributed by atoms with Crippen molar-refractivity contribution < 1.29 is 9.90 Å². The lowest BCUT2D eigenvalue weighted by molar-refractivity contribution is -0.145. The summed E-state index contributed by atoms with van der Waals surface area (Å²) in [6.07, 6.45) is 9.37. The number of nitrogens with zero attached hydrogens (tertiary/aromatic N) is 3. The number of piperidine rings is 1. The summed E-state index contributed by atoms with van der Waals surface area (Å²) < 4.78 is 0. The molecular formula is C31H42N4O2. The van der Waals surface area contributed by atoms with Crippen molar-refractivity contribution in [3.63, 3.8) is 0 Å². The first-order valence-electron chi connectivity index (χ1n) is 14.2. The summed E-state index contributed by atoms with van der Waals surface area (Å²) in [5.74, 6) is 2.02. The molecule has 1 saturated carbocycles. The van der Waals surface area contributed by atoms with Gasteiger partial charge in [0.1, 0.15) is 11.9 Å². The highest BCUT2D eigenvalue weighted by Gasteiger charge is 2.38. The highest BCUT2D eigenvalue weighted by molar-refractivity contribution is 5.75. The summed E-state index contributed by atoms with van der Waals surface area (Å²) in [6, 6.07) is 18.5. The molecule has 0 radical (unpaired) electrons. The molecule has 3 aliphatic rings. The lowest BCUT2D eigenvalue weighted by Gasteiger charge is -2.33. The molecule has 37 heavy (non-hydrogen) atoms. The van der Waals surface area contributed by atoms with Gasteiger partial charge in [-0.2, -0.15) is 0 Å². The number of carboxylic acids is 1. The van der Waals surface area contributed by atoms with E-state index in [-0.39, 0.29) is 6.04 Å². The molecule has 0 bridgehead atoms. The van der Waals surface area contributed by atoms with Gasteiger partial charge < -0.3 is 15.0 Å². The van der Waals surface area contributed by atoms with Crippen molar-refractivity contribution in [1.82, 2.24) is 19.8 Å². The van der Waals surface area contributed by atoms with E-state index in [0.717, 1.165) is 43.4 Å². The average Bonchev–Trinajstić information content (AvgIpc) is 3.58. The molecule has 2 aromatic carbocycles. The van der Waals surface area contributed by atoms with Crippen LogP contribution in [-0.4, -0.2) is 70.1 Å². The Balaban J connectivity index is 0.000000157. The topological polar surface area (TPSA) is 72.5 Å². The van der Waals surface area contributed by atoms with Crippen molar-refractivity contribution in [3.05, 3.63) is 66.0 Å². The molecule has 1 aromatic heterocycles. The number of aromatic amines is 1. The van der Waals surface area contributed by atoms with Crippen molar-refractivity contribution in [2.24, 2.45) is 5.92 Å². The monoisotopic (exact) mass is 502 g/mol. The fourth-order valence-electron chi connectivity index (χ4n) is 6.59. The van der Waals surface area contributed by atoms with Crippen LogP contribution in [0.1, 0.15) is 74.6 Å². The maximum atomic E-state index is 11.8. The number of aromatic nitrogens is 2. The van der Waals surface area contributed by atoms with Gasteiger partial charge in [-0.3, -0.25) is 9.69 Å². The third-order valence-corrected chi connectivity index (χ3v) is 8.75. The third-order valence-electron chi connectivity index (χ3n) is 8.75. The van der Waals surface area contributed by atoms with E-state index in [0.29, 0.717) is 17.8 Å². The maximum Gasteiger partial charge on any atom is 0.321 e. The molecule has 2 atom stereocenters. The van der Waals surface area contributed by atoms with Gasteiger partial charge in [0.05, 0.1) is 11.0 Å². The number of fused-ring (bicyclic) bond motifs is 1. The smallest absolute Gasteiger partial charge is 0.321 e. The predicted molar refractivity (Wildman–Crippen MR) is 149 cm³/mol. The molecule has 3 aromatic rings. The van der Waals surface area contributed by atoms with Crippen LogP contribution < -0.4 is 0 Å². The first-order valence-corrected chi connectivity index (χ1v) is 14.2. The number of nitrogens with one attached hydrogen (secondary N) is 1. The van der Waals surface area contributed by atoms with Gasteiger partial charge in [0.2, 0.25) is 0 Å². The minimum atomic E-state index is -0.615. The van der Waals surface area contributed by atoms with Gasteiger partial charge in [-0.15, -0.1) is 0 Å². The number of aliphatic carboxylic acids is 1. The maximum absolute atomic E-state index is 11.8. The molecule has 2 saturated heterocycles. The molecule has 0 spiro atoms. The standard InChI is InChI=1S/C18H25NO2.C13H17N3/c20-18(21)17(15-9-5-2-6-10-15)19-12-11-16(13-19)14-7-3-1-4-8-14;1-16-8-6-10(7-9-16)13-14-11-4-2-3-5-12(11)15-13/h1,3-4,7-8,15-17H,2,5-6,9-13H2,(H,20,21);2-5,10H,6-9H2,1H3,(H,14,15). The van der Waals surface area contributed by atoms with Crippen LogP contribution in [0.25, 0.3) is 11.0 Å². The van der Waals surface area contributed by atoms with Crippen LogP contribution in [0.3, 0.4) is 0 Å². The highest BCUT2D eigenvalue weighted by atomic mass is 16.4. The Labute approximate surface area is 221 Å². The Morgan fingerprint density at radius 3 is 2.27 bits per heavy atom. The second-order valence-electron chi connectivity index (χ2n) is 11.3. The molecular weight excluding hydrogens is 460 g/mol. The Morgan fingerprint density at radius 1 is 0.892 bits per heavy atom. The lowest BCUT2D eigenvalue weighted by Crippen LogP contribution is -2.45. The summed E-state index contributed by atoms with van der Waals surface area (Å²) >= 11 is 0. The van der Waals surface area contributed by atoms with E-state index in [2.05, 4.69) is 69.3 Å². The average molecular weight is 503 g/mol. The summed E-state index contributed by atoms with van der Waals surface area (Å²) in [5, 5.41) is 9.70. The van der Waals surface area contributed by atoms with Crippen molar-refractivity contribution >= 4 is 17.0 Å². The number of para-hydroxylation sites is 2. The number of hydrogen-bond donors (Lipinski definition) is 2. The number of carbonyl (C=O) groups is 1. The highest BCUT2D eigenvalue weighted by Crippen LogP contribution is 2.34. The Bertz CT molecular complexity index is 1100. The molecule has 1 aliphatic carbocycles. The second-order valence-corrected chi connectivity index (χ2v) is 11.3. The SMILES string of the molecule is CN1CCC(c2nc3ccccc3[nH]2)CC1.O=C(O)C(C1CCCCC1)N1CCC(c2ccccc2)C1. The van der Waals surface area contributed by atoms with E-state index in [1.165, 1.54) is 56.6 Å². The number of carboxylic acid groups (broad SMARTS) is 1. The van der Waals surface area contributed by atoms with Crippen LogP contribution in [0.2, 0.25) is 0 Å². The van der Waals surface area contributed by atoms with Crippen LogP contribution >= 0.6 is 0 Å². The number of imidazole rings is 1. The minimum absolute atomic E-state index is 0.265. The molecule has 2 N–H and O–H groups in total. The van der Waals surface area contributed by atoms with E-state index in [9.17, 15) is 9.90 Å². The summed E-state index contributed by atoms with van der Waals surface area (Å²) in [5.41, 5.74) is 3.61. The predicted octanol–water partition coefficient (Wildman–Crippen LogP) is 5.88. The van der Waals surface area contributed by atoms with Crippen molar-refractivity contribution in [1.29, 1.82) is 0 Å². The molecule has 6 heteroatoms. The zero-order valence-corrected chi connectivity index (χ0v) is 22.2. The molecule has 2 aliphatic heterocycles. The van der Waals surface area contributed by atoms with Gasteiger partial charge in [0.25, 0.3) is 0 Å². The molecule has 3 fully saturated rings. The lowest BCUT2D eigenvalue weighted by atomic mass is 9.83. The number of rotatable bonds is 5. The molecule has 0 amide bonds. The summed E-state index contributed by atoms with van der Waals surface area (Å²) in [6.45, 7) is 4.19. The number of H-pyrrole nitrogens is 1. The Morgan fingerprint density at radius 2 is 1.57 bits per heavy atom. The Hall–Kier alpha value is -2.70. The second kappa shape index (κ2) is 12.2. The molecule has 198 valence electrons. The zero-order chi connectivity index (χ0) is 25.6. The van der Waals surface area contributed by atoms with E-state index in [4.69, 9.17) is 0 Å². The normalized spacial score (nSPS) is 23.0. The molecule has 3 heterocycles. The van der Waals surface area contributed by atoms with E-state index in [1.807, 2.05) is 12.1 Å². The first-order chi connectivity index (χ1) is 18.1. The zero-order valence-electron chi connectivity index (χ0n) is 22.2. The van der Waals surface area contributed by atoms with Gasteiger partial charge >= 0.3 is 5.97 Å². The van der Waals surface area contributed by atoms with E-state index >= 15 is 0 Å². The van der Waals surface area contributed by atoms with Crippen LogP contribution in [-0.2, 0) is 4.79 Å². The van der Waals surface area contributed by atoms with Gasteiger partial charge in [-0.1, -0.05) is 61.7 Å². The van der Waals surface area contributed by atoms with Crippen molar-refractivity contribution in [2.45, 2.75) is 69.2 Å². The molecule has 2 unspecified atom stereocenters. The molecule has 6 nitrogen and oxygen atoms in total. The van der Waals surface area contributed by atoms with Crippen LogP contribution in [0.4, 0.5) is 0 Å². The van der Waals surface area contributed by atoms with Crippen LogP contribution in [0, 0.1) is 5.92 Å². The Kier molecular flexibility index (Phi) is 8.57. The quantitative estimate of drug-likeness (QED) is 0.456. The number of benzene rings is 2. The van der Waals surface area contributed by atoms with Gasteiger partial charge in [0.15, 0.2) is 0 Å². The largest absolute Gasteiger partial charge is 0.480 e. The first kappa shape index (κ1) is 25.9. The fraction of sp³-hybridized carbons (Fsp3) is 0.548. The van der Waals surface area contributed by atoms with Crippen LogP contribution in [0.5, 0.6) is 0 Å². The van der Waals surface area contributed by atoms with Crippen LogP contribution in [0.15, 0.2) is 54.6 Å². The number of likely N-dealkylation sites (tertiary alicyclic amines) is 2. The van der Waals surface area contributed by atoms with Gasteiger partial charge in [0, 0.05) is 12.5 Å². The summed E-state index contributed by atoms with van der Waals surface area (Å²) in [4.78, 5) is 24.5. The van der Waals surface area contributed by atoms with Crippen molar-refractivity contribution in [2.75, 3.05) is 33.2 Å². The fourth-order valence-corrected chi connectivity index (χ4v) is 6.59.